The number of hydrogen-bond acceptors (Lipinski definition) is 5. The van der Waals surface area contributed by atoms with Crippen LogP contribution in [-0.2, 0) is 16.6 Å². The molecule has 0 bridgehead atoms. The molecule has 0 aliphatic carbocycles. The van der Waals surface area contributed by atoms with Gasteiger partial charge in [0.15, 0.2) is 0 Å². The van der Waals surface area contributed by atoms with Gasteiger partial charge in [-0.2, -0.15) is 5.10 Å². The van der Waals surface area contributed by atoms with Gasteiger partial charge in [0.25, 0.3) is 0 Å². The summed E-state index contributed by atoms with van der Waals surface area (Å²) < 4.78 is 29.0. The molecule has 0 fully saturated rings. The van der Waals surface area contributed by atoms with Gasteiger partial charge >= 0.3 is 0 Å². The number of sulfonamides is 1. The molecule has 0 unspecified atom stereocenters. The molecule has 116 valence electrons. The lowest BCUT2D eigenvalue weighted by atomic mass is 10.4. The minimum atomic E-state index is -3.52. The maximum atomic E-state index is 12.3. The van der Waals surface area contributed by atoms with Gasteiger partial charge in [0, 0.05) is 19.6 Å². The van der Waals surface area contributed by atoms with E-state index in [0.29, 0.717) is 37.6 Å². The fourth-order valence-corrected chi connectivity index (χ4v) is 3.44. The topological polar surface area (TPSA) is 93.2 Å². The van der Waals surface area contributed by atoms with Crippen molar-refractivity contribution in [2.24, 2.45) is 5.73 Å². The van der Waals surface area contributed by atoms with E-state index in [0.717, 1.165) is 6.54 Å². The third kappa shape index (κ3) is 4.02. The molecular formula is C12H25N5O2S. The highest BCUT2D eigenvalue weighted by atomic mass is 32.2. The highest BCUT2D eigenvalue weighted by Crippen LogP contribution is 2.18. The molecule has 7 nitrogen and oxygen atoms in total. The first-order valence-corrected chi connectivity index (χ1v) is 8.24. The second kappa shape index (κ2) is 7.16. The molecule has 0 radical (unpaired) electrons. The van der Waals surface area contributed by atoms with Crippen LogP contribution in [0.2, 0.25) is 0 Å². The molecule has 0 atom stereocenters. The molecule has 8 heteroatoms. The van der Waals surface area contributed by atoms with Crippen LogP contribution in [0.4, 0.5) is 0 Å². The molecule has 0 amide bonds. The fraction of sp³-hybridized carbons (Fsp3) is 0.750. The van der Waals surface area contributed by atoms with E-state index in [1.807, 2.05) is 18.9 Å². The molecule has 1 aromatic rings. The number of nitrogens with two attached hydrogens (primary N) is 1. The van der Waals surface area contributed by atoms with Crippen molar-refractivity contribution >= 4 is 10.0 Å². The molecule has 0 aliphatic heterocycles. The summed E-state index contributed by atoms with van der Waals surface area (Å²) in [5.41, 5.74) is 6.63. The van der Waals surface area contributed by atoms with Crippen molar-refractivity contribution in [2.45, 2.75) is 32.2 Å². The lowest BCUT2D eigenvalue weighted by molar-refractivity contribution is 0.358. The molecule has 3 N–H and O–H groups in total. The van der Waals surface area contributed by atoms with Crippen LogP contribution in [0.5, 0.6) is 0 Å². The minimum absolute atomic E-state index is 0.269. The maximum Gasteiger partial charge on any atom is 0.244 e. The van der Waals surface area contributed by atoms with Crippen molar-refractivity contribution in [2.75, 3.05) is 33.2 Å². The number of rotatable bonds is 8. The van der Waals surface area contributed by atoms with Gasteiger partial charge in [0.1, 0.15) is 4.90 Å². The van der Waals surface area contributed by atoms with Gasteiger partial charge in [-0.3, -0.25) is 4.68 Å². The molecule has 0 spiro atoms. The van der Waals surface area contributed by atoms with Crippen LogP contribution in [0.15, 0.2) is 4.90 Å². The molecule has 1 rings (SSSR count). The first-order valence-electron chi connectivity index (χ1n) is 6.75. The van der Waals surface area contributed by atoms with Crippen molar-refractivity contribution < 1.29 is 8.42 Å². The van der Waals surface area contributed by atoms with Crippen molar-refractivity contribution in [3.63, 3.8) is 0 Å². The Morgan fingerprint density at radius 3 is 2.60 bits per heavy atom. The van der Waals surface area contributed by atoms with Crippen molar-refractivity contribution in [3.8, 4) is 0 Å². The lowest BCUT2D eigenvalue weighted by Gasteiger charge is -2.14. The molecule has 1 heterocycles. The van der Waals surface area contributed by atoms with Crippen molar-refractivity contribution in [3.05, 3.63) is 11.4 Å². The number of hydrogen-bond donors (Lipinski definition) is 2. The summed E-state index contributed by atoms with van der Waals surface area (Å²) in [4.78, 5) is 2.31. The summed E-state index contributed by atoms with van der Waals surface area (Å²) in [5.74, 6) is 0. The van der Waals surface area contributed by atoms with Gasteiger partial charge in [-0.15, -0.1) is 0 Å². The van der Waals surface area contributed by atoms with Crippen LogP contribution in [0.3, 0.4) is 0 Å². The predicted molar refractivity (Wildman–Crippen MR) is 79.1 cm³/mol. The molecular weight excluding hydrogens is 278 g/mol. The van der Waals surface area contributed by atoms with Crippen LogP contribution in [0.1, 0.15) is 18.3 Å². The Hall–Kier alpha value is -0.960. The lowest BCUT2D eigenvalue weighted by Crippen LogP contribution is -2.33. The van der Waals surface area contributed by atoms with Gasteiger partial charge in [0.05, 0.1) is 17.9 Å². The Morgan fingerprint density at radius 1 is 1.40 bits per heavy atom. The zero-order chi connectivity index (χ0) is 15.3. The van der Waals surface area contributed by atoms with Crippen LogP contribution in [0.25, 0.3) is 0 Å². The van der Waals surface area contributed by atoms with Gasteiger partial charge in [-0.25, -0.2) is 13.1 Å². The Bertz CT molecular complexity index is 538. The maximum absolute atomic E-state index is 12.3. The highest BCUT2D eigenvalue weighted by molar-refractivity contribution is 7.89. The standard InChI is InChI=1S/C12H25N5O2S/c1-5-16(4)9-7-14-20(18,19)12-10(2)15-17(8-6-13)11(12)3/h14H,5-9,13H2,1-4H3. The molecule has 0 aliphatic rings. The second-order valence-electron chi connectivity index (χ2n) is 4.81. The summed E-state index contributed by atoms with van der Waals surface area (Å²) in [5, 5.41) is 4.23. The van der Waals surface area contributed by atoms with E-state index in [-0.39, 0.29) is 4.90 Å². The normalized spacial score (nSPS) is 12.3. The quantitative estimate of drug-likeness (QED) is 0.687. The Labute approximate surface area is 121 Å². The van der Waals surface area contributed by atoms with E-state index >= 15 is 0 Å². The molecule has 0 saturated heterocycles. The number of aromatic nitrogens is 2. The number of nitrogens with zero attached hydrogens (tertiary/aromatic N) is 3. The molecule has 0 saturated carbocycles. The van der Waals surface area contributed by atoms with Crippen LogP contribution < -0.4 is 10.5 Å². The van der Waals surface area contributed by atoms with Gasteiger partial charge in [-0.1, -0.05) is 6.92 Å². The van der Waals surface area contributed by atoms with E-state index in [2.05, 4.69) is 9.82 Å². The van der Waals surface area contributed by atoms with Crippen LogP contribution in [0, 0.1) is 13.8 Å². The average Bonchev–Trinajstić information content (AvgIpc) is 2.65. The zero-order valence-corrected chi connectivity index (χ0v) is 13.5. The number of likely N-dealkylation sites (N-methyl/N-ethyl adjacent to an activating group) is 1. The zero-order valence-electron chi connectivity index (χ0n) is 12.7. The van der Waals surface area contributed by atoms with Crippen molar-refractivity contribution in [1.29, 1.82) is 0 Å². The first-order chi connectivity index (χ1) is 9.33. The molecule has 0 aromatic carbocycles. The number of aryl methyl sites for hydroxylation is 1. The van der Waals surface area contributed by atoms with E-state index in [1.165, 1.54) is 0 Å². The highest BCUT2D eigenvalue weighted by Gasteiger charge is 2.23. The molecule has 1 aromatic heterocycles. The monoisotopic (exact) mass is 303 g/mol. The van der Waals surface area contributed by atoms with Gasteiger partial charge in [0.2, 0.25) is 10.0 Å². The average molecular weight is 303 g/mol. The summed E-state index contributed by atoms with van der Waals surface area (Å²) in [7, 11) is -1.58. The Morgan fingerprint density at radius 2 is 2.05 bits per heavy atom. The fourth-order valence-electron chi connectivity index (χ4n) is 2.01. The van der Waals surface area contributed by atoms with Crippen LogP contribution in [-0.4, -0.2) is 56.3 Å². The van der Waals surface area contributed by atoms with E-state index < -0.39 is 10.0 Å². The summed E-state index contributed by atoms with van der Waals surface area (Å²) in [6.07, 6.45) is 0. The van der Waals surface area contributed by atoms with Crippen LogP contribution >= 0.6 is 0 Å². The van der Waals surface area contributed by atoms with Crippen molar-refractivity contribution in [1.82, 2.24) is 19.4 Å². The first kappa shape index (κ1) is 17.1. The summed E-state index contributed by atoms with van der Waals surface area (Å²) in [6.45, 7) is 8.36. The smallest absolute Gasteiger partial charge is 0.244 e. The Kier molecular flexibility index (Phi) is 6.12. The SMILES string of the molecule is CCN(C)CCNS(=O)(=O)c1c(C)nn(CCN)c1C. The predicted octanol–water partition coefficient (Wildman–Crippen LogP) is -0.311. The third-order valence-corrected chi connectivity index (χ3v) is 4.96. The van der Waals surface area contributed by atoms with E-state index in [9.17, 15) is 8.42 Å². The van der Waals surface area contributed by atoms with Gasteiger partial charge < -0.3 is 10.6 Å². The Balaban J connectivity index is 2.87. The minimum Gasteiger partial charge on any atom is -0.329 e. The summed E-state index contributed by atoms with van der Waals surface area (Å²) in [6, 6.07) is 0. The second-order valence-corrected chi connectivity index (χ2v) is 6.51. The molecule has 20 heavy (non-hydrogen) atoms. The number of nitrogens with one attached hydrogen (secondary N) is 1. The van der Waals surface area contributed by atoms with E-state index in [4.69, 9.17) is 5.73 Å². The van der Waals surface area contributed by atoms with Gasteiger partial charge in [-0.05, 0) is 27.4 Å². The van der Waals surface area contributed by atoms with E-state index in [1.54, 1.807) is 18.5 Å². The largest absolute Gasteiger partial charge is 0.329 e. The third-order valence-electron chi connectivity index (χ3n) is 3.25. The summed E-state index contributed by atoms with van der Waals surface area (Å²) >= 11 is 0.